The zero-order valence-electron chi connectivity index (χ0n) is 13.9. The van der Waals surface area contributed by atoms with Gasteiger partial charge in [0.05, 0.1) is 0 Å². The third-order valence-corrected chi connectivity index (χ3v) is 3.77. The number of amides is 1. The van der Waals surface area contributed by atoms with Crippen LogP contribution in [-0.2, 0) is 11.8 Å². The van der Waals surface area contributed by atoms with Crippen molar-refractivity contribution in [3.8, 4) is 0 Å². The van der Waals surface area contributed by atoms with Crippen LogP contribution in [-0.4, -0.2) is 15.5 Å². The summed E-state index contributed by atoms with van der Waals surface area (Å²) in [5, 5.41) is 2.90. The Morgan fingerprint density at radius 3 is 2.64 bits per heavy atom. The Balaban J connectivity index is 1.82. The van der Waals surface area contributed by atoms with Crippen LogP contribution in [0.1, 0.15) is 29.0 Å². The number of nitrogens with one attached hydrogen (secondary N) is 1. The summed E-state index contributed by atoms with van der Waals surface area (Å²) >= 11 is 0. The van der Waals surface area contributed by atoms with Crippen LogP contribution in [0.5, 0.6) is 0 Å². The number of imidazole rings is 1. The molecule has 0 spiro atoms. The van der Waals surface area contributed by atoms with Crippen molar-refractivity contribution in [3.63, 3.8) is 0 Å². The first-order valence-corrected chi connectivity index (χ1v) is 7.80. The highest BCUT2D eigenvalue weighted by Gasteiger charge is 2.19. The van der Waals surface area contributed by atoms with Gasteiger partial charge in [-0.05, 0) is 42.8 Å². The highest BCUT2D eigenvalue weighted by atomic mass is 19.1. The van der Waals surface area contributed by atoms with E-state index < -0.39 is 6.04 Å². The molecule has 25 heavy (non-hydrogen) atoms. The molecular weight excluding hydrogens is 321 g/mol. The molecule has 0 bridgehead atoms. The lowest BCUT2D eigenvalue weighted by atomic mass is 10.1. The van der Waals surface area contributed by atoms with Gasteiger partial charge in [-0.2, -0.15) is 0 Å². The van der Waals surface area contributed by atoms with Gasteiger partial charge in [0.1, 0.15) is 29.2 Å². The molecule has 0 saturated heterocycles. The molecule has 0 aliphatic rings. The van der Waals surface area contributed by atoms with Crippen molar-refractivity contribution in [2.75, 3.05) is 0 Å². The molecule has 0 saturated carbocycles. The fourth-order valence-electron chi connectivity index (χ4n) is 2.50. The molecule has 2 aromatic heterocycles. The quantitative estimate of drug-likeness (QED) is 0.725. The molecule has 1 unspecified atom stereocenters. The van der Waals surface area contributed by atoms with Gasteiger partial charge in [-0.15, -0.1) is 0 Å². The van der Waals surface area contributed by atoms with E-state index in [1.54, 1.807) is 36.7 Å². The minimum atomic E-state index is -0.490. The minimum absolute atomic E-state index is 0.300. The van der Waals surface area contributed by atoms with Crippen molar-refractivity contribution in [1.29, 1.82) is 0 Å². The van der Waals surface area contributed by atoms with Gasteiger partial charge in [-0.3, -0.25) is 4.79 Å². The highest BCUT2D eigenvalue weighted by molar-refractivity contribution is 5.91. The molecule has 0 radical (unpaired) electrons. The number of carbonyl (C=O) groups is 1. The Bertz CT molecular complexity index is 894. The summed E-state index contributed by atoms with van der Waals surface area (Å²) in [5.74, 6) is 1.40. The number of nitrogens with zero attached hydrogens (tertiary/aromatic N) is 2. The fourth-order valence-corrected chi connectivity index (χ4v) is 2.50. The predicted molar refractivity (Wildman–Crippen MR) is 92.1 cm³/mol. The molecule has 0 fully saturated rings. The molecule has 3 rings (SSSR count). The molecule has 5 nitrogen and oxygen atoms in total. The highest BCUT2D eigenvalue weighted by Crippen LogP contribution is 2.21. The number of furan rings is 1. The van der Waals surface area contributed by atoms with Crippen molar-refractivity contribution < 1.29 is 13.6 Å². The average Bonchev–Trinajstić information content (AvgIpc) is 3.20. The van der Waals surface area contributed by atoms with E-state index in [4.69, 9.17) is 4.42 Å². The number of carbonyl (C=O) groups excluding carboxylic acids is 1. The van der Waals surface area contributed by atoms with Crippen molar-refractivity contribution in [3.05, 3.63) is 83.6 Å². The average molecular weight is 339 g/mol. The van der Waals surface area contributed by atoms with E-state index in [1.165, 1.54) is 18.2 Å². The van der Waals surface area contributed by atoms with Crippen LogP contribution >= 0.6 is 0 Å². The molecule has 0 aliphatic heterocycles. The van der Waals surface area contributed by atoms with E-state index in [0.29, 0.717) is 11.6 Å². The summed E-state index contributed by atoms with van der Waals surface area (Å²) in [6.07, 6.45) is 6.44. The van der Waals surface area contributed by atoms with Crippen molar-refractivity contribution in [2.24, 2.45) is 7.05 Å². The molecule has 1 aromatic carbocycles. The molecule has 1 atom stereocenters. The molecule has 6 heteroatoms. The Kier molecular flexibility index (Phi) is 4.79. The van der Waals surface area contributed by atoms with Gasteiger partial charge >= 0.3 is 0 Å². The van der Waals surface area contributed by atoms with Crippen LogP contribution in [0.2, 0.25) is 0 Å². The molecule has 0 aliphatic carbocycles. The van der Waals surface area contributed by atoms with Crippen LogP contribution in [0.4, 0.5) is 4.39 Å². The van der Waals surface area contributed by atoms with E-state index in [1.807, 2.05) is 24.6 Å². The molecule has 128 valence electrons. The van der Waals surface area contributed by atoms with Gasteiger partial charge in [0, 0.05) is 25.5 Å². The molecule has 1 amide bonds. The van der Waals surface area contributed by atoms with Crippen LogP contribution in [0.25, 0.3) is 6.08 Å². The summed E-state index contributed by atoms with van der Waals surface area (Å²) in [7, 11) is 1.84. The smallest absolute Gasteiger partial charge is 0.244 e. The van der Waals surface area contributed by atoms with Gasteiger partial charge in [0.2, 0.25) is 5.91 Å². The van der Waals surface area contributed by atoms with Gasteiger partial charge < -0.3 is 14.3 Å². The maximum Gasteiger partial charge on any atom is 0.244 e. The molecule has 3 aromatic rings. The summed E-state index contributed by atoms with van der Waals surface area (Å²) in [6.45, 7) is 1.84. The van der Waals surface area contributed by atoms with Crippen LogP contribution < -0.4 is 5.32 Å². The minimum Gasteiger partial charge on any atom is -0.462 e. The van der Waals surface area contributed by atoms with Crippen LogP contribution in [0.3, 0.4) is 0 Å². The van der Waals surface area contributed by atoms with E-state index in [2.05, 4.69) is 10.3 Å². The number of hydrogen-bond donors (Lipinski definition) is 1. The summed E-state index contributed by atoms with van der Waals surface area (Å²) < 4.78 is 20.4. The molecule has 1 N–H and O–H groups in total. The molecular formula is C19H18FN3O2. The SMILES string of the molecule is Cc1ccc(/C=C/C(=O)NC(c2ccc(F)cc2)c2nccn2C)o1. The second-order valence-corrected chi connectivity index (χ2v) is 5.67. The third-order valence-electron chi connectivity index (χ3n) is 3.77. The monoisotopic (exact) mass is 339 g/mol. The first-order chi connectivity index (χ1) is 12.0. The zero-order chi connectivity index (χ0) is 17.8. The number of rotatable bonds is 5. The van der Waals surface area contributed by atoms with E-state index in [0.717, 1.165) is 11.3 Å². The van der Waals surface area contributed by atoms with Crippen molar-refractivity contribution in [2.45, 2.75) is 13.0 Å². The van der Waals surface area contributed by atoms with E-state index in [-0.39, 0.29) is 11.7 Å². The standard InChI is InChI=1S/C19H18FN3O2/c1-13-3-8-16(25-13)9-10-17(24)22-18(19-21-11-12-23(19)2)14-4-6-15(20)7-5-14/h3-12,18H,1-2H3,(H,22,24)/b10-9+. The lowest BCUT2D eigenvalue weighted by Gasteiger charge is -2.18. The van der Waals surface area contributed by atoms with Crippen molar-refractivity contribution in [1.82, 2.24) is 14.9 Å². The number of halogens is 1. The lowest BCUT2D eigenvalue weighted by molar-refractivity contribution is -0.117. The van der Waals surface area contributed by atoms with Gasteiger partial charge in [0.15, 0.2) is 0 Å². The summed E-state index contributed by atoms with van der Waals surface area (Å²) in [6, 6.07) is 9.11. The fraction of sp³-hybridized carbons (Fsp3) is 0.158. The van der Waals surface area contributed by atoms with E-state index in [9.17, 15) is 9.18 Å². The summed E-state index contributed by atoms with van der Waals surface area (Å²) in [4.78, 5) is 16.6. The topological polar surface area (TPSA) is 60.1 Å². The third kappa shape index (κ3) is 4.03. The first kappa shape index (κ1) is 16.7. The second-order valence-electron chi connectivity index (χ2n) is 5.67. The number of aromatic nitrogens is 2. The van der Waals surface area contributed by atoms with Gasteiger partial charge in [0.25, 0.3) is 0 Å². The summed E-state index contributed by atoms with van der Waals surface area (Å²) in [5.41, 5.74) is 0.742. The normalized spacial score (nSPS) is 12.4. The van der Waals surface area contributed by atoms with E-state index >= 15 is 0 Å². The number of hydrogen-bond acceptors (Lipinski definition) is 3. The van der Waals surface area contributed by atoms with Crippen LogP contribution in [0, 0.1) is 12.7 Å². The Hall–Kier alpha value is -3.15. The van der Waals surface area contributed by atoms with Crippen molar-refractivity contribution >= 4 is 12.0 Å². The Labute approximate surface area is 144 Å². The first-order valence-electron chi connectivity index (χ1n) is 7.80. The lowest BCUT2D eigenvalue weighted by Crippen LogP contribution is -2.29. The largest absolute Gasteiger partial charge is 0.462 e. The molecule has 2 heterocycles. The van der Waals surface area contributed by atoms with Gasteiger partial charge in [-0.1, -0.05) is 12.1 Å². The zero-order valence-corrected chi connectivity index (χ0v) is 13.9. The second kappa shape index (κ2) is 7.17. The number of aryl methyl sites for hydroxylation is 2. The number of benzene rings is 1. The Morgan fingerprint density at radius 1 is 1.28 bits per heavy atom. The van der Waals surface area contributed by atoms with Gasteiger partial charge in [-0.25, -0.2) is 9.37 Å². The maximum absolute atomic E-state index is 13.2. The van der Waals surface area contributed by atoms with Crippen LogP contribution in [0.15, 0.2) is 59.3 Å². The Morgan fingerprint density at radius 2 is 2.04 bits per heavy atom. The predicted octanol–water partition coefficient (Wildman–Crippen LogP) is 3.38. The maximum atomic E-state index is 13.2.